The van der Waals surface area contributed by atoms with Crippen molar-refractivity contribution < 1.29 is 0 Å². The molecule has 160 valence electrons. The van der Waals surface area contributed by atoms with Crippen LogP contribution in [0.5, 0.6) is 0 Å². The van der Waals surface area contributed by atoms with Gasteiger partial charge in [0.15, 0.2) is 5.11 Å². The summed E-state index contributed by atoms with van der Waals surface area (Å²) >= 11 is 5.59. The standard InChI is InChI=1S/C15H24N4S.C6H11N3/c20-15(18-13-4-2-1-3-5-13)19-8-6-12(7-9-19)14-10-16-11-17-14;1-5(7)2-6-3-8-4-9-6/h10-13H,1-9H2,(H,16,17)(H,18,20);3-5H,2,7H2,1H3,(H,8,9)/t;5-/m.1/s1. The largest absolute Gasteiger partial charge is 0.360 e. The number of hydrogen-bond donors (Lipinski definition) is 4. The number of thiocarbonyl (C=S) groups is 1. The van der Waals surface area contributed by atoms with Crippen LogP contribution in [0.15, 0.2) is 25.0 Å². The fourth-order valence-electron chi connectivity index (χ4n) is 4.14. The number of hydrogen-bond acceptors (Lipinski definition) is 4. The summed E-state index contributed by atoms with van der Waals surface area (Å²) < 4.78 is 0. The first-order valence-electron chi connectivity index (χ1n) is 10.9. The Labute approximate surface area is 179 Å². The molecule has 4 rings (SSSR count). The third kappa shape index (κ3) is 7.12. The maximum absolute atomic E-state index is 5.59. The van der Waals surface area contributed by atoms with Crippen molar-refractivity contribution in [2.24, 2.45) is 5.73 Å². The Morgan fingerprint density at radius 3 is 2.41 bits per heavy atom. The molecule has 2 fully saturated rings. The van der Waals surface area contributed by atoms with Crippen LogP contribution in [0.4, 0.5) is 0 Å². The number of nitrogens with two attached hydrogens (primary N) is 1. The van der Waals surface area contributed by atoms with Gasteiger partial charge in [-0.25, -0.2) is 9.97 Å². The number of aromatic amines is 2. The van der Waals surface area contributed by atoms with Gasteiger partial charge < -0.3 is 25.9 Å². The minimum atomic E-state index is 0.213. The minimum absolute atomic E-state index is 0.213. The van der Waals surface area contributed by atoms with Gasteiger partial charge in [-0.2, -0.15) is 0 Å². The molecule has 0 spiro atoms. The van der Waals surface area contributed by atoms with Crippen LogP contribution in [0.1, 0.15) is 69.2 Å². The van der Waals surface area contributed by atoms with E-state index in [1.165, 1.54) is 37.8 Å². The Balaban J connectivity index is 0.000000224. The van der Waals surface area contributed by atoms with Crippen LogP contribution in [0.2, 0.25) is 0 Å². The number of piperidine rings is 1. The zero-order chi connectivity index (χ0) is 20.5. The number of imidazole rings is 2. The van der Waals surface area contributed by atoms with Crippen LogP contribution in [0.25, 0.3) is 0 Å². The van der Waals surface area contributed by atoms with Crippen molar-refractivity contribution in [1.29, 1.82) is 0 Å². The smallest absolute Gasteiger partial charge is 0.169 e. The fourth-order valence-corrected chi connectivity index (χ4v) is 4.49. The Morgan fingerprint density at radius 1 is 1.14 bits per heavy atom. The lowest BCUT2D eigenvalue weighted by Crippen LogP contribution is -2.47. The molecule has 0 unspecified atom stereocenters. The van der Waals surface area contributed by atoms with Gasteiger partial charge in [0, 0.05) is 61.3 Å². The highest BCUT2D eigenvalue weighted by molar-refractivity contribution is 7.80. The Bertz CT molecular complexity index is 685. The first kappa shape index (κ1) is 21.8. The second-order valence-corrected chi connectivity index (χ2v) is 8.70. The lowest BCUT2D eigenvalue weighted by Gasteiger charge is -2.35. The summed E-state index contributed by atoms with van der Waals surface area (Å²) in [5.41, 5.74) is 7.91. The molecular weight excluding hydrogens is 382 g/mol. The summed E-state index contributed by atoms with van der Waals surface area (Å²) in [7, 11) is 0. The van der Waals surface area contributed by atoms with Gasteiger partial charge >= 0.3 is 0 Å². The van der Waals surface area contributed by atoms with Crippen LogP contribution in [-0.2, 0) is 6.42 Å². The van der Waals surface area contributed by atoms with Crippen LogP contribution in [-0.4, -0.2) is 55.1 Å². The van der Waals surface area contributed by atoms with E-state index >= 15 is 0 Å². The Hall–Kier alpha value is -1.93. The van der Waals surface area contributed by atoms with Crippen LogP contribution >= 0.6 is 12.2 Å². The van der Waals surface area contributed by atoms with Crippen molar-refractivity contribution >= 4 is 17.3 Å². The highest BCUT2D eigenvalue weighted by Crippen LogP contribution is 2.26. The first-order chi connectivity index (χ1) is 14.1. The Morgan fingerprint density at radius 2 is 1.83 bits per heavy atom. The van der Waals surface area contributed by atoms with Gasteiger partial charge in [0.05, 0.1) is 12.7 Å². The SMILES string of the molecule is C[C@@H](N)Cc1cnc[nH]1.S=C(NC1CCCCC1)N1CCC(c2cnc[nH]2)CC1. The monoisotopic (exact) mass is 417 g/mol. The molecule has 2 aliphatic rings. The molecule has 1 aliphatic carbocycles. The maximum atomic E-state index is 5.59. The van der Waals surface area contributed by atoms with Crippen molar-refractivity contribution in [1.82, 2.24) is 30.2 Å². The summed E-state index contributed by atoms with van der Waals surface area (Å²) in [5.74, 6) is 0.617. The van der Waals surface area contributed by atoms with Gasteiger partial charge in [0.2, 0.25) is 0 Å². The second kappa shape index (κ2) is 11.3. The van der Waals surface area contributed by atoms with Crippen molar-refractivity contribution in [3.8, 4) is 0 Å². The summed E-state index contributed by atoms with van der Waals surface area (Å²) in [6, 6.07) is 0.826. The van der Waals surface area contributed by atoms with Gasteiger partial charge in [-0.1, -0.05) is 19.3 Å². The lowest BCUT2D eigenvalue weighted by molar-refractivity contribution is 0.299. The highest BCUT2D eigenvalue weighted by atomic mass is 32.1. The summed E-state index contributed by atoms with van der Waals surface area (Å²) in [6.07, 6.45) is 17.0. The molecule has 0 amide bonds. The van der Waals surface area contributed by atoms with Crippen molar-refractivity contribution in [2.75, 3.05) is 13.1 Å². The molecule has 2 aromatic heterocycles. The molecule has 1 saturated heterocycles. The number of H-pyrrole nitrogens is 2. The molecule has 8 heteroatoms. The van der Waals surface area contributed by atoms with E-state index in [0.29, 0.717) is 12.0 Å². The summed E-state index contributed by atoms with van der Waals surface area (Å²) in [6.45, 7) is 4.09. The van der Waals surface area contributed by atoms with Gasteiger partial charge in [0.25, 0.3) is 0 Å². The predicted molar refractivity (Wildman–Crippen MR) is 121 cm³/mol. The zero-order valence-electron chi connectivity index (χ0n) is 17.4. The number of likely N-dealkylation sites (tertiary alicyclic amines) is 1. The quantitative estimate of drug-likeness (QED) is 0.571. The third-order valence-electron chi connectivity index (χ3n) is 5.77. The fraction of sp³-hybridized carbons (Fsp3) is 0.667. The maximum Gasteiger partial charge on any atom is 0.169 e. The van der Waals surface area contributed by atoms with E-state index in [0.717, 1.165) is 43.2 Å². The van der Waals surface area contributed by atoms with E-state index < -0.39 is 0 Å². The molecule has 1 saturated carbocycles. The number of rotatable bonds is 4. The summed E-state index contributed by atoms with van der Waals surface area (Å²) in [5, 5.41) is 4.55. The predicted octanol–water partition coefficient (Wildman–Crippen LogP) is 3.10. The first-order valence-corrected chi connectivity index (χ1v) is 11.3. The van der Waals surface area contributed by atoms with Gasteiger partial charge in [-0.05, 0) is 44.8 Å². The normalized spacial score (nSPS) is 19.3. The average molecular weight is 418 g/mol. The third-order valence-corrected chi connectivity index (χ3v) is 6.15. The molecule has 0 aromatic carbocycles. The second-order valence-electron chi connectivity index (χ2n) is 8.31. The van der Waals surface area contributed by atoms with Crippen molar-refractivity contribution in [3.63, 3.8) is 0 Å². The number of nitrogens with one attached hydrogen (secondary N) is 3. The molecular formula is C21H35N7S. The van der Waals surface area contributed by atoms with E-state index in [4.69, 9.17) is 18.0 Å². The van der Waals surface area contributed by atoms with E-state index in [1.54, 1.807) is 18.9 Å². The lowest BCUT2D eigenvalue weighted by atomic mass is 9.94. The van der Waals surface area contributed by atoms with E-state index in [2.05, 4.69) is 30.2 Å². The molecule has 0 bridgehead atoms. The topological polar surface area (TPSA) is 98.6 Å². The summed E-state index contributed by atoms with van der Waals surface area (Å²) in [4.78, 5) is 16.5. The molecule has 29 heavy (non-hydrogen) atoms. The molecule has 1 aliphatic heterocycles. The van der Waals surface area contributed by atoms with Crippen LogP contribution in [0.3, 0.4) is 0 Å². The molecule has 7 nitrogen and oxygen atoms in total. The molecule has 3 heterocycles. The number of nitrogens with zero attached hydrogens (tertiary/aromatic N) is 3. The average Bonchev–Trinajstić information content (AvgIpc) is 3.43. The molecule has 0 radical (unpaired) electrons. The molecule has 5 N–H and O–H groups in total. The van der Waals surface area contributed by atoms with Gasteiger partial charge in [-0.15, -0.1) is 0 Å². The van der Waals surface area contributed by atoms with Gasteiger partial charge in [-0.3, -0.25) is 0 Å². The van der Waals surface area contributed by atoms with E-state index in [-0.39, 0.29) is 6.04 Å². The Kier molecular flexibility index (Phi) is 8.49. The van der Waals surface area contributed by atoms with E-state index in [1.807, 2.05) is 13.1 Å². The molecule has 2 aromatic rings. The van der Waals surface area contributed by atoms with E-state index in [9.17, 15) is 0 Å². The molecule has 1 atom stereocenters. The van der Waals surface area contributed by atoms with Crippen molar-refractivity contribution in [3.05, 3.63) is 36.4 Å². The highest BCUT2D eigenvalue weighted by Gasteiger charge is 2.24. The van der Waals surface area contributed by atoms with Gasteiger partial charge in [0.1, 0.15) is 0 Å². The van der Waals surface area contributed by atoms with Crippen molar-refractivity contribution in [2.45, 2.75) is 76.3 Å². The van der Waals surface area contributed by atoms with Crippen LogP contribution < -0.4 is 11.1 Å². The minimum Gasteiger partial charge on any atom is -0.360 e. The number of aromatic nitrogens is 4. The zero-order valence-corrected chi connectivity index (χ0v) is 18.3. The van der Waals surface area contributed by atoms with Crippen LogP contribution in [0, 0.1) is 0 Å².